The molecule has 0 spiro atoms. The van der Waals surface area contributed by atoms with Gasteiger partial charge in [-0.15, -0.1) is 0 Å². The monoisotopic (exact) mass is 467 g/mol. The first-order valence-electron chi connectivity index (χ1n) is 12.0. The van der Waals surface area contributed by atoms with E-state index in [1.54, 1.807) is 0 Å². The summed E-state index contributed by atoms with van der Waals surface area (Å²) in [6, 6.07) is 8.85. The third-order valence-electron chi connectivity index (χ3n) is 7.05. The molecule has 2 aliphatic heterocycles. The van der Waals surface area contributed by atoms with Crippen LogP contribution in [-0.2, 0) is 20.5 Å². The highest BCUT2D eigenvalue weighted by atomic mass is 16.6. The summed E-state index contributed by atoms with van der Waals surface area (Å²) in [6.45, 7) is 5.45. The van der Waals surface area contributed by atoms with Crippen molar-refractivity contribution in [3.63, 3.8) is 0 Å². The van der Waals surface area contributed by atoms with Crippen molar-refractivity contribution in [2.24, 2.45) is 5.92 Å². The minimum absolute atomic E-state index is 0.164. The molecule has 2 amide bonds. The SMILES string of the molecule is CC(C)C[C@H](NC(=O)[C@H](Cc1ccccc1)NC(=O)c1cnccn1)[B-]12OCC[N+]1(C)CCO2. The van der Waals surface area contributed by atoms with E-state index < -0.39 is 18.6 Å². The Hall–Kier alpha value is -2.82. The van der Waals surface area contributed by atoms with Gasteiger partial charge in [0, 0.05) is 31.8 Å². The third-order valence-corrected chi connectivity index (χ3v) is 7.05. The molecule has 0 aliphatic carbocycles. The van der Waals surface area contributed by atoms with E-state index in [1.807, 2.05) is 30.3 Å². The summed E-state index contributed by atoms with van der Waals surface area (Å²) in [5, 5.41) is 6.09. The molecule has 1 aromatic carbocycles. The quantitative estimate of drug-likeness (QED) is 0.540. The van der Waals surface area contributed by atoms with Crippen LogP contribution < -0.4 is 10.6 Å². The molecule has 2 aromatic rings. The molecule has 1 aromatic heterocycles. The van der Waals surface area contributed by atoms with E-state index in [-0.39, 0.29) is 17.5 Å². The topological polar surface area (TPSA) is 102 Å². The lowest BCUT2D eigenvalue weighted by Crippen LogP contribution is -2.72. The molecule has 0 saturated carbocycles. The minimum Gasteiger partial charge on any atom is -0.508 e. The number of nitrogens with zero attached hydrogens (tertiary/aromatic N) is 3. The maximum atomic E-state index is 13.7. The predicted octanol–water partition coefficient (Wildman–Crippen LogP) is 1.33. The Kier molecular flexibility index (Phi) is 7.30. The average molecular weight is 467 g/mol. The van der Waals surface area contributed by atoms with Gasteiger partial charge in [-0.1, -0.05) is 50.6 Å². The number of aromatic nitrogens is 2. The van der Waals surface area contributed by atoms with Crippen LogP contribution in [0.3, 0.4) is 0 Å². The van der Waals surface area contributed by atoms with Crippen LogP contribution in [0.4, 0.5) is 0 Å². The van der Waals surface area contributed by atoms with E-state index in [1.165, 1.54) is 18.6 Å². The molecule has 9 nitrogen and oxygen atoms in total. The second kappa shape index (κ2) is 10.2. The zero-order chi connectivity index (χ0) is 24.2. The van der Waals surface area contributed by atoms with Crippen LogP contribution in [0.2, 0.25) is 0 Å². The number of nitrogens with one attached hydrogen (secondary N) is 2. The standard InChI is InChI=1S/C24H34BN5O4/c1-18(2)15-22(25-30(3,11-13-33-25)12-14-34-25)29-23(31)20(16-19-7-5-4-6-8-19)28-24(32)21-17-26-9-10-27-21/h4-10,17-18,20,22H,11-16H2,1-3H3,(H,28,32)(H,29,31)/t20-,22-,25?,30?/m0/s1. The zero-order valence-corrected chi connectivity index (χ0v) is 20.1. The van der Waals surface area contributed by atoms with E-state index in [0.29, 0.717) is 29.9 Å². The van der Waals surface area contributed by atoms with Crippen LogP contribution in [0.15, 0.2) is 48.9 Å². The lowest BCUT2D eigenvalue weighted by molar-refractivity contribution is -0.801. The van der Waals surface area contributed by atoms with E-state index in [4.69, 9.17) is 9.31 Å². The number of amides is 2. The highest BCUT2D eigenvalue weighted by Crippen LogP contribution is 2.36. The van der Waals surface area contributed by atoms with Gasteiger partial charge in [0.25, 0.3) is 5.91 Å². The fourth-order valence-electron chi connectivity index (χ4n) is 5.24. The van der Waals surface area contributed by atoms with E-state index in [0.717, 1.165) is 25.1 Å². The average Bonchev–Trinajstić information content (AvgIpc) is 3.32. The fraction of sp³-hybridized carbons (Fsp3) is 0.500. The highest BCUT2D eigenvalue weighted by molar-refractivity contribution is 6.62. The van der Waals surface area contributed by atoms with E-state index in [9.17, 15) is 9.59 Å². The molecule has 0 radical (unpaired) electrons. The fourth-order valence-corrected chi connectivity index (χ4v) is 5.24. The molecule has 4 rings (SSSR count). The Morgan fingerprint density at radius 2 is 1.79 bits per heavy atom. The number of fused-ring (bicyclic) bond motifs is 1. The van der Waals surface area contributed by atoms with Crippen molar-refractivity contribution in [1.82, 2.24) is 20.6 Å². The highest BCUT2D eigenvalue weighted by Gasteiger charge is 2.61. The van der Waals surface area contributed by atoms with Gasteiger partial charge in [-0.05, 0) is 11.5 Å². The number of carbonyl (C=O) groups is 2. The molecule has 0 bridgehead atoms. The third kappa shape index (κ3) is 4.99. The number of likely N-dealkylation sites (N-methyl/N-ethyl adjacent to an activating group) is 1. The van der Waals surface area contributed by atoms with Gasteiger partial charge in [-0.2, -0.15) is 0 Å². The molecule has 2 N–H and O–H groups in total. The molecule has 34 heavy (non-hydrogen) atoms. The molecular formula is C24H34BN5O4. The van der Waals surface area contributed by atoms with Gasteiger partial charge in [-0.3, -0.25) is 14.6 Å². The molecule has 2 atom stereocenters. The van der Waals surface area contributed by atoms with Crippen molar-refractivity contribution >= 4 is 18.5 Å². The number of rotatable bonds is 9. The molecule has 2 fully saturated rings. The Morgan fingerprint density at radius 3 is 2.41 bits per heavy atom. The van der Waals surface area contributed by atoms with Crippen molar-refractivity contribution in [2.75, 3.05) is 33.4 Å². The maximum absolute atomic E-state index is 13.7. The van der Waals surface area contributed by atoms with Crippen LogP contribution in [0.5, 0.6) is 0 Å². The first-order valence-corrected chi connectivity index (χ1v) is 12.0. The number of benzene rings is 1. The van der Waals surface area contributed by atoms with Gasteiger partial charge in [0.15, 0.2) is 0 Å². The summed E-state index contributed by atoms with van der Waals surface area (Å²) < 4.78 is 13.2. The zero-order valence-electron chi connectivity index (χ0n) is 20.1. The second-order valence-corrected chi connectivity index (χ2v) is 9.95. The summed E-state index contributed by atoms with van der Waals surface area (Å²) in [7, 11) is 2.15. The minimum atomic E-state index is -1.74. The lowest BCUT2D eigenvalue weighted by atomic mass is 9.57. The van der Waals surface area contributed by atoms with Crippen molar-refractivity contribution in [1.29, 1.82) is 0 Å². The summed E-state index contributed by atoms with van der Waals surface area (Å²) in [5.41, 5.74) is 1.11. The Labute approximate surface area is 200 Å². The van der Waals surface area contributed by atoms with Crippen molar-refractivity contribution in [2.45, 2.75) is 38.7 Å². The van der Waals surface area contributed by atoms with Gasteiger partial charge in [0.2, 0.25) is 5.91 Å². The van der Waals surface area contributed by atoms with Crippen molar-refractivity contribution in [3.8, 4) is 0 Å². The van der Waals surface area contributed by atoms with Crippen LogP contribution in [0.1, 0.15) is 36.3 Å². The number of quaternary nitrogens is 1. The molecule has 2 aliphatic rings. The van der Waals surface area contributed by atoms with E-state index in [2.05, 4.69) is 41.5 Å². The normalized spacial score (nSPS) is 25.5. The summed E-state index contributed by atoms with van der Waals surface area (Å²) in [5.74, 6) is -0.678. The number of carbonyl (C=O) groups excluding carboxylic acids is 2. The van der Waals surface area contributed by atoms with Gasteiger partial charge in [-0.25, -0.2) is 4.98 Å². The maximum Gasteiger partial charge on any atom is 0.494 e. The molecule has 3 heterocycles. The number of hydrogen-bond acceptors (Lipinski definition) is 6. The smallest absolute Gasteiger partial charge is 0.494 e. The van der Waals surface area contributed by atoms with Crippen LogP contribution in [0.25, 0.3) is 0 Å². The summed E-state index contributed by atoms with van der Waals surface area (Å²) in [4.78, 5) is 34.6. The first kappa shape index (κ1) is 24.3. The summed E-state index contributed by atoms with van der Waals surface area (Å²) >= 11 is 0. The van der Waals surface area contributed by atoms with Crippen molar-refractivity contribution < 1.29 is 23.3 Å². The molecule has 182 valence electrons. The van der Waals surface area contributed by atoms with Gasteiger partial charge < -0.3 is 24.3 Å². The van der Waals surface area contributed by atoms with Crippen LogP contribution in [-0.4, -0.2) is 78.2 Å². The number of hydrogen-bond donors (Lipinski definition) is 2. The Morgan fingerprint density at radius 1 is 1.09 bits per heavy atom. The summed E-state index contributed by atoms with van der Waals surface area (Å²) in [6.07, 6.45) is 5.41. The van der Waals surface area contributed by atoms with Gasteiger partial charge in [0.05, 0.1) is 32.5 Å². The molecule has 10 heteroatoms. The molecule has 2 saturated heterocycles. The van der Waals surface area contributed by atoms with Crippen molar-refractivity contribution in [3.05, 3.63) is 60.2 Å². The molecule has 0 unspecified atom stereocenters. The lowest BCUT2D eigenvalue weighted by Gasteiger charge is -2.48. The van der Waals surface area contributed by atoms with Gasteiger partial charge >= 0.3 is 6.69 Å². The van der Waals surface area contributed by atoms with Crippen LogP contribution >= 0.6 is 0 Å². The molecular weight excluding hydrogens is 433 g/mol. The Balaban J connectivity index is 1.58. The Bertz CT molecular complexity index is 981. The van der Waals surface area contributed by atoms with E-state index >= 15 is 0 Å². The predicted molar refractivity (Wildman–Crippen MR) is 128 cm³/mol. The van der Waals surface area contributed by atoms with Gasteiger partial charge in [0.1, 0.15) is 11.7 Å². The first-order chi connectivity index (χ1) is 16.3. The largest absolute Gasteiger partial charge is 0.508 e. The second-order valence-electron chi connectivity index (χ2n) is 9.95. The van der Waals surface area contributed by atoms with Crippen LogP contribution in [0, 0.1) is 5.92 Å².